The van der Waals surface area contributed by atoms with Gasteiger partial charge in [-0.05, 0) is 19.9 Å². The summed E-state index contributed by atoms with van der Waals surface area (Å²) in [6.07, 6.45) is 1.82. The number of hydrogen-bond acceptors (Lipinski definition) is 5. The number of nitrogens with zero attached hydrogens (tertiary/aromatic N) is 3. The minimum atomic E-state index is -0.505. The lowest BCUT2D eigenvalue weighted by Crippen LogP contribution is -2.35. The third kappa shape index (κ3) is 3.30. The summed E-state index contributed by atoms with van der Waals surface area (Å²) in [6.45, 7) is 1.90. The van der Waals surface area contributed by atoms with Crippen LogP contribution in [-0.2, 0) is 0 Å². The van der Waals surface area contributed by atoms with E-state index in [1.54, 1.807) is 0 Å². The van der Waals surface area contributed by atoms with Gasteiger partial charge >= 0.3 is 0 Å². The normalized spacial score (nSPS) is 17.7. The molecule has 1 fully saturated rings. The first-order valence-electron chi connectivity index (χ1n) is 5.72. The zero-order valence-corrected chi connectivity index (χ0v) is 10.8. The Balaban J connectivity index is 2.07. The highest BCUT2D eigenvalue weighted by Crippen LogP contribution is 2.24. The lowest BCUT2D eigenvalue weighted by Gasteiger charge is -2.28. The van der Waals surface area contributed by atoms with Crippen molar-refractivity contribution in [2.45, 2.75) is 18.9 Å². The van der Waals surface area contributed by atoms with Crippen LogP contribution < -0.4 is 4.74 Å². The summed E-state index contributed by atoms with van der Waals surface area (Å²) in [6, 6.07) is 2.52. The van der Waals surface area contributed by atoms with Crippen LogP contribution in [0.2, 0.25) is 5.15 Å². The Morgan fingerprint density at radius 3 is 2.78 bits per heavy atom. The Morgan fingerprint density at radius 1 is 1.50 bits per heavy atom. The van der Waals surface area contributed by atoms with E-state index in [-0.39, 0.29) is 22.8 Å². The zero-order chi connectivity index (χ0) is 13.1. The Hall–Kier alpha value is -1.40. The third-order valence-electron chi connectivity index (χ3n) is 2.92. The van der Waals surface area contributed by atoms with Crippen molar-refractivity contribution in [3.8, 4) is 5.88 Å². The molecule has 1 saturated heterocycles. The second-order valence-electron chi connectivity index (χ2n) is 4.36. The molecule has 0 N–H and O–H groups in total. The molecular formula is C11H14ClN3O3. The van der Waals surface area contributed by atoms with Crippen LogP contribution in [0.15, 0.2) is 12.1 Å². The number of nitro groups is 1. The molecule has 18 heavy (non-hydrogen) atoms. The Labute approximate surface area is 110 Å². The molecule has 0 bridgehead atoms. The molecule has 0 unspecified atom stereocenters. The molecule has 0 saturated carbocycles. The average molecular weight is 272 g/mol. The molecule has 1 aromatic rings. The van der Waals surface area contributed by atoms with E-state index in [9.17, 15) is 10.1 Å². The maximum atomic E-state index is 10.7. The summed E-state index contributed by atoms with van der Waals surface area (Å²) in [5.74, 6) is 0.226. The zero-order valence-electron chi connectivity index (χ0n) is 10.0. The van der Waals surface area contributed by atoms with Crippen molar-refractivity contribution < 1.29 is 9.66 Å². The third-order valence-corrected chi connectivity index (χ3v) is 3.11. The van der Waals surface area contributed by atoms with E-state index in [0.717, 1.165) is 25.9 Å². The standard InChI is InChI=1S/C11H14ClN3O3/c1-14-4-2-9(3-5-14)18-11-7-8(15(16)17)6-10(12)13-11/h6-7,9H,2-5H2,1H3. The predicted molar refractivity (Wildman–Crippen MR) is 67.0 cm³/mol. The van der Waals surface area contributed by atoms with Crippen LogP contribution in [0.25, 0.3) is 0 Å². The Morgan fingerprint density at radius 2 is 2.17 bits per heavy atom. The predicted octanol–water partition coefficient (Wildman–Crippen LogP) is 2.12. The Bertz CT molecular complexity index is 447. The molecule has 7 heteroatoms. The number of aromatic nitrogens is 1. The van der Waals surface area contributed by atoms with Gasteiger partial charge in [0.1, 0.15) is 11.3 Å². The number of likely N-dealkylation sites (tertiary alicyclic amines) is 1. The molecule has 6 nitrogen and oxygen atoms in total. The average Bonchev–Trinajstić information content (AvgIpc) is 2.31. The van der Waals surface area contributed by atoms with Gasteiger partial charge in [-0.2, -0.15) is 0 Å². The smallest absolute Gasteiger partial charge is 0.277 e. The van der Waals surface area contributed by atoms with Crippen LogP contribution in [-0.4, -0.2) is 41.0 Å². The van der Waals surface area contributed by atoms with Gasteiger partial charge in [0, 0.05) is 13.1 Å². The van der Waals surface area contributed by atoms with E-state index < -0.39 is 4.92 Å². The molecule has 1 aliphatic heterocycles. The maximum Gasteiger partial charge on any atom is 0.277 e. The molecule has 0 spiro atoms. The van der Waals surface area contributed by atoms with Gasteiger partial charge in [0.2, 0.25) is 5.88 Å². The summed E-state index contributed by atoms with van der Waals surface area (Å²) in [7, 11) is 2.05. The lowest BCUT2D eigenvalue weighted by molar-refractivity contribution is -0.385. The van der Waals surface area contributed by atoms with E-state index in [2.05, 4.69) is 16.9 Å². The molecule has 0 amide bonds. The van der Waals surface area contributed by atoms with Gasteiger partial charge in [-0.25, -0.2) is 4.98 Å². The van der Waals surface area contributed by atoms with Gasteiger partial charge in [-0.15, -0.1) is 0 Å². The number of halogens is 1. The van der Waals surface area contributed by atoms with Gasteiger partial charge in [-0.1, -0.05) is 11.6 Å². The van der Waals surface area contributed by atoms with Crippen LogP contribution in [0.4, 0.5) is 5.69 Å². The van der Waals surface area contributed by atoms with Crippen LogP contribution in [0.3, 0.4) is 0 Å². The highest BCUT2D eigenvalue weighted by atomic mass is 35.5. The first kappa shape index (κ1) is 13.0. The summed E-state index contributed by atoms with van der Waals surface area (Å²) in [5.41, 5.74) is -0.0991. The number of rotatable bonds is 3. The van der Waals surface area contributed by atoms with Crippen LogP contribution in [0.1, 0.15) is 12.8 Å². The molecule has 98 valence electrons. The maximum absolute atomic E-state index is 10.7. The van der Waals surface area contributed by atoms with Gasteiger partial charge in [0.15, 0.2) is 0 Å². The minimum absolute atomic E-state index is 0.0479. The number of hydrogen-bond donors (Lipinski definition) is 0. The second kappa shape index (κ2) is 5.49. The lowest BCUT2D eigenvalue weighted by atomic mass is 10.1. The van der Waals surface area contributed by atoms with E-state index in [1.165, 1.54) is 12.1 Å². The van der Waals surface area contributed by atoms with Crippen molar-refractivity contribution in [2.24, 2.45) is 0 Å². The van der Waals surface area contributed by atoms with Gasteiger partial charge < -0.3 is 9.64 Å². The molecular weight excluding hydrogens is 258 g/mol. The Kier molecular flexibility index (Phi) is 3.98. The highest BCUT2D eigenvalue weighted by Gasteiger charge is 2.20. The van der Waals surface area contributed by atoms with Crippen molar-refractivity contribution in [1.29, 1.82) is 0 Å². The molecule has 1 aromatic heterocycles. The van der Waals surface area contributed by atoms with E-state index in [1.807, 2.05) is 0 Å². The van der Waals surface area contributed by atoms with Gasteiger partial charge in [0.25, 0.3) is 5.69 Å². The number of ether oxygens (including phenoxy) is 1. The van der Waals surface area contributed by atoms with Crippen LogP contribution in [0.5, 0.6) is 5.88 Å². The van der Waals surface area contributed by atoms with Gasteiger partial charge in [0.05, 0.1) is 17.1 Å². The fourth-order valence-electron chi connectivity index (χ4n) is 1.90. The molecule has 0 aromatic carbocycles. The SMILES string of the molecule is CN1CCC(Oc2cc([N+](=O)[O-])cc(Cl)n2)CC1. The quantitative estimate of drug-likeness (QED) is 0.478. The van der Waals surface area contributed by atoms with Crippen molar-refractivity contribution in [3.63, 3.8) is 0 Å². The monoisotopic (exact) mass is 271 g/mol. The first-order valence-corrected chi connectivity index (χ1v) is 6.09. The minimum Gasteiger partial charge on any atom is -0.474 e. The molecule has 2 heterocycles. The largest absolute Gasteiger partial charge is 0.474 e. The summed E-state index contributed by atoms with van der Waals surface area (Å²) >= 11 is 5.73. The fourth-order valence-corrected chi connectivity index (χ4v) is 2.09. The molecule has 2 rings (SSSR count). The highest BCUT2D eigenvalue weighted by molar-refractivity contribution is 6.29. The topological polar surface area (TPSA) is 68.5 Å². The van der Waals surface area contributed by atoms with Crippen molar-refractivity contribution >= 4 is 17.3 Å². The molecule has 0 radical (unpaired) electrons. The molecule has 0 aliphatic carbocycles. The first-order chi connectivity index (χ1) is 8.54. The second-order valence-corrected chi connectivity index (χ2v) is 4.75. The summed E-state index contributed by atoms with van der Waals surface area (Å²) < 4.78 is 5.65. The molecule has 1 aliphatic rings. The van der Waals surface area contributed by atoms with Gasteiger partial charge in [-0.3, -0.25) is 10.1 Å². The van der Waals surface area contributed by atoms with E-state index >= 15 is 0 Å². The van der Waals surface area contributed by atoms with E-state index in [0.29, 0.717) is 0 Å². The van der Waals surface area contributed by atoms with Crippen LogP contribution >= 0.6 is 11.6 Å². The summed E-state index contributed by atoms with van der Waals surface area (Å²) in [5, 5.41) is 10.8. The van der Waals surface area contributed by atoms with Crippen molar-refractivity contribution in [2.75, 3.05) is 20.1 Å². The fraction of sp³-hybridized carbons (Fsp3) is 0.545. The number of piperidine rings is 1. The van der Waals surface area contributed by atoms with Crippen LogP contribution in [0, 0.1) is 10.1 Å². The molecule has 0 atom stereocenters. The number of pyridine rings is 1. The van der Waals surface area contributed by atoms with Crippen molar-refractivity contribution in [1.82, 2.24) is 9.88 Å². The summed E-state index contributed by atoms with van der Waals surface area (Å²) in [4.78, 5) is 16.4. The van der Waals surface area contributed by atoms with E-state index in [4.69, 9.17) is 16.3 Å². The van der Waals surface area contributed by atoms with Crippen molar-refractivity contribution in [3.05, 3.63) is 27.4 Å².